The fraction of sp³-hybridized carbons (Fsp3) is 0.276. The van der Waals surface area contributed by atoms with E-state index < -0.39 is 27.4 Å². The predicted octanol–water partition coefficient (Wildman–Crippen LogP) is 4.70. The Balaban J connectivity index is 1.79. The molecule has 0 spiro atoms. The van der Waals surface area contributed by atoms with Crippen molar-refractivity contribution in [1.29, 1.82) is 0 Å². The minimum Gasteiger partial charge on any atom is -0.370 e. The van der Waals surface area contributed by atoms with E-state index in [0.717, 1.165) is 4.31 Å². The number of amides is 4. The number of primary amides is 1. The van der Waals surface area contributed by atoms with Crippen LogP contribution >= 0.6 is 23.2 Å². The molecule has 1 aliphatic heterocycles. The van der Waals surface area contributed by atoms with Crippen molar-refractivity contribution in [1.82, 2.24) is 10.2 Å². The van der Waals surface area contributed by atoms with E-state index in [9.17, 15) is 22.8 Å². The number of hydrogen-bond donors (Lipinski definition) is 3. The first-order valence-corrected chi connectivity index (χ1v) is 15.5. The second-order valence-corrected chi connectivity index (χ2v) is 12.2. The summed E-state index contributed by atoms with van der Waals surface area (Å²) in [5, 5.41) is 6.44. The Labute approximate surface area is 254 Å². The van der Waals surface area contributed by atoms with E-state index in [1.54, 1.807) is 29.2 Å². The zero-order valence-corrected chi connectivity index (χ0v) is 25.4. The number of carbonyl (C=O) groups excluding carboxylic acids is 3. The van der Waals surface area contributed by atoms with Gasteiger partial charge in [0.1, 0.15) is 0 Å². The van der Waals surface area contributed by atoms with Crippen LogP contribution in [0.4, 0.5) is 16.2 Å². The molecule has 3 aromatic rings. The summed E-state index contributed by atoms with van der Waals surface area (Å²) in [5.41, 5.74) is 4.68. The molecule has 1 heterocycles. The number of carbonyl (C=O) groups is 3. The smallest absolute Gasteiger partial charge is 0.321 e. The van der Waals surface area contributed by atoms with Gasteiger partial charge in [0, 0.05) is 46.4 Å². The Morgan fingerprint density at radius 3 is 2.26 bits per heavy atom. The first kappa shape index (κ1) is 31.3. The number of nitrogens with zero attached hydrogens (tertiary/aromatic N) is 2. The van der Waals surface area contributed by atoms with Crippen LogP contribution in [0.5, 0.6) is 0 Å². The summed E-state index contributed by atoms with van der Waals surface area (Å²) in [7, 11) is -4.46. The van der Waals surface area contributed by atoms with Gasteiger partial charge in [0.05, 0.1) is 10.6 Å². The van der Waals surface area contributed by atoms with Crippen LogP contribution in [0.2, 0.25) is 10.0 Å². The molecule has 1 atom stereocenters. The van der Waals surface area contributed by atoms with Crippen LogP contribution in [0.15, 0.2) is 71.6 Å². The molecule has 0 saturated carbocycles. The standard InChI is InChI=1S/C29H31Cl2N5O5S/c1-3-35(4-2)28(39)34-20-12-14-21(15-13-20)42(40,41)36-25-16-11-19(30)18-23(25)29(27(36)38,33-17-7-10-26(32)37)22-8-5-6-9-24(22)31/h5-6,8-9,11-16,18,33H,3-4,7,10,17H2,1-2H3,(H2,32,37)(H,34,39). The Kier molecular flexibility index (Phi) is 9.47. The van der Waals surface area contributed by atoms with Gasteiger partial charge in [0.15, 0.2) is 5.54 Å². The molecular weight excluding hydrogens is 601 g/mol. The first-order valence-electron chi connectivity index (χ1n) is 13.3. The van der Waals surface area contributed by atoms with Gasteiger partial charge in [0.2, 0.25) is 5.91 Å². The van der Waals surface area contributed by atoms with Gasteiger partial charge in [0.25, 0.3) is 15.9 Å². The van der Waals surface area contributed by atoms with Crippen LogP contribution < -0.4 is 20.7 Å². The topological polar surface area (TPSA) is 142 Å². The van der Waals surface area contributed by atoms with Crippen molar-refractivity contribution >= 4 is 62.4 Å². The third-order valence-electron chi connectivity index (χ3n) is 7.05. The van der Waals surface area contributed by atoms with Gasteiger partial charge in [-0.2, -0.15) is 0 Å². The SMILES string of the molecule is CCN(CC)C(=O)Nc1ccc(S(=O)(=O)N2C(=O)C(NCCCC(N)=O)(c3ccccc3Cl)c3cc(Cl)ccc32)cc1. The molecule has 10 nitrogen and oxygen atoms in total. The van der Waals surface area contributed by atoms with E-state index >= 15 is 0 Å². The van der Waals surface area contributed by atoms with Crippen molar-refractivity contribution in [2.24, 2.45) is 5.73 Å². The molecular formula is C29H31Cl2N5O5S. The lowest BCUT2D eigenvalue weighted by atomic mass is 9.83. The highest BCUT2D eigenvalue weighted by atomic mass is 35.5. The highest BCUT2D eigenvalue weighted by Crippen LogP contribution is 2.49. The van der Waals surface area contributed by atoms with E-state index in [1.165, 1.54) is 42.5 Å². The lowest BCUT2D eigenvalue weighted by Crippen LogP contribution is -2.53. The highest BCUT2D eigenvalue weighted by Gasteiger charge is 2.56. The number of hydrogen-bond acceptors (Lipinski definition) is 6. The summed E-state index contributed by atoms with van der Waals surface area (Å²) >= 11 is 13.0. The van der Waals surface area contributed by atoms with Crippen molar-refractivity contribution in [3.05, 3.63) is 87.9 Å². The number of halogens is 2. The third kappa shape index (κ3) is 5.82. The lowest BCUT2D eigenvalue weighted by Gasteiger charge is -2.31. The Hall–Kier alpha value is -3.64. The van der Waals surface area contributed by atoms with Crippen LogP contribution in [0.3, 0.4) is 0 Å². The Morgan fingerprint density at radius 1 is 0.976 bits per heavy atom. The minimum atomic E-state index is -4.46. The van der Waals surface area contributed by atoms with E-state index in [0.29, 0.717) is 29.9 Å². The van der Waals surface area contributed by atoms with Gasteiger partial charge < -0.3 is 16.0 Å². The molecule has 0 bridgehead atoms. The Bertz CT molecular complexity index is 1610. The lowest BCUT2D eigenvalue weighted by molar-refractivity contribution is -0.121. The normalized spacial score (nSPS) is 16.3. The average Bonchev–Trinajstić information content (AvgIpc) is 3.20. The van der Waals surface area contributed by atoms with Crippen LogP contribution in [-0.2, 0) is 25.2 Å². The number of urea groups is 1. The summed E-state index contributed by atoms with van der Waals surface area (Å²) in [6.45, 7) is 4.87. The number of fused-ring (bicyclic) bond motifs is 1. The average molecular weight is 633 g/mol. The quantitative estimate of drug-likeness (QED) is 0.262. The van der Waals surface area contributed by atoms with Crippen molar-refractivity contribution < 1.29 is 22.8 Å². The third-order valence-corrected chi connectivity index (χ3v) is 9.32. The first-order chi connectivity index (χ1) is 20.0. The summed E-state index contributed by atoms with van der Waals surface area (Å²) in [5.74, 6) is -1.32. The fourth-order valence-corrected chi connectivity index (χ4v) is 6.87. The monoisotopic (exact) mass is 631 g/mol. The van der Waals surface area contributed by atoms with E-state index in [-0.39, 0.29) is 46.0 Å². The van der Waals surface area contributed by atoms with Crippen molar-refractivity contribution in [2.75, 3.05) is 29.3 Å². The summed E-state index contributed by atoms with van der Waals surface area (Å²) in [6, 6.07) is 16.4. The van der Waals surface area contributed by atoms with Gasteiger partial charge in [-0.1, -0.05) is 41.4 Å². The summed E-state index contributed by atoms with van der Waals surface area (Å²) in [4.78, 5) is 39.7. The molecule has 1 unspecified atom stereocenters. The van der Waals surface area contributed by atoms with Crippen LogP contribution in [-0.4, -0.2) is 50.8 Å². The molecule has 0 aromatic heterocycles. The maximum Gasteiger partial charge on any atom is 0.321 e. The van der Waals surface area contributed by atoms with Gasteiger partial charge in [-0.3, -0.25) is 14.9 Å². The molecule has 42 heavy (non-hydrogen) atoms. The number of nitrogens with one attached hydrogen (secondary N) is 2. The maximum absolute atomic E-state index is 14.5. The van der Waals surface area contributed by atoms with Crippen molar-refractivity contribution in [3.8, 4) is 0 Å². The number of anilines is 2. The number of benzene rings is 3. The molecule has 4 amide bonds. The second kappa shape index (κ2) is 12.7. The molecule has 1 aliphatic rings. The zero-order chi connectivity index (χ0) is 30.7. The predicted molar refractivity (Wildman–Crippen MR) is 163 cm³/mol. The van der Waals surface area contributed by atoms with Gasteiger partial charge in [-0.05, 0) is 75.3 Å². The van der Waals surface area contributed by atoms with Crippen molar-refractivity contribution in [2.45, 2.75) is 37.1 Å². The minimum absolute atomic E-state index is 0.0569. The van der Waals surface area contributed by atoms with Gasteiger partial charge in [-0.15, -0.1) is 0 Å². The van der Waals surface area contributed by atoms with Crippen molar-refractivity contribution in [3.63, 3.8) is 0 Å². The maximum atomic E-state index is 14.5. The molecule has 0 saturated heterocycles. The number of sulfonamides is 1. The second-order valence-electron chi connectivity index (χ2n) is 9.59. The molecule has 4 N–H and O–H groups in total. The Morgan fingerprint density at radius 2 is 1.64 bits per heavy atom. The largest absolute Gasteiger partial charge is 0.370 e. The van der Waals surface area contributed by atoms with Gasteiger partial charge in [-0.25, -0.2) is 17.5 Å². The van der Waals surface area contributed by atoms with E-state index in [4.69, 9.17) is 28.9 Å². The van der Waals surface area contributed by atoms with Crippen LogP contribution in [0, 0.1) is 0 Å². The molecule has 0 aliphatic carbocycles. The van der Waals surface area contributed by atoms with E-state index in [1.807, 2.05) is 13.8 Å². The van der Waals surface area contributed by atoms with E-state index in [2.05, 4.69) is 10.6 Å². The zero-order valence-electron chi connectivity index (χ0n) is 23.1. The molecule has 222 valence electrons. The number of rotatable bonds is 11. The van der Waals surface area contributed by atoms with Crippen LogP contribution in [0.1, 0.15) is 37.8 Å². The van der Waals surface area contributed by atoms with Gasteiger partial charge >= 0.3 is 6.03 Å². The molecule has 13 heteroatoms. The number of nitrogens with two attached hydrogens (primary N) is 1. The summed E-state index contributed by atoms with van der Waals surface area (Å²) < 4.78 is 29.0. The molecule has 4 rings (SSSR count). The summed E-state index contributed by atoms with van der Waals surface area (Å²) in [6.07, 6.45) is 0.347. The fourth-order valence-electron chi connectivity index (χ4n) is 4.96. The van der Waals surface area contributed by atoms with Crippen LogP contribution in [0.25, 0.3) is 0 Å². The highest BCUT2D eigenvalue weighted by molar-refractivity contribution is 7.93. The molecule has 3 aromatic carbocycles. The molecule has 0 radical (unpaired) electrons. The molecule has 0 fully saturated rings.